The highest BCUT2D eigenvalue weighted by atomic mass is 19.1. The molecule has 1 atom stereocenters. The summed E-state index contributed by atoms with van der Waals surface area (Å²) in [4.78, 5) is 8.09. The summed E-state index contributed by atoms with van der Waals surface area (Å²) in [6.07, 6.45) is 1.36. The zero-order chi connectivity index (χ0) is 15.4. The van der Waals surface area contributed by atoms with Crippen molar-refractivity contribution in [2.45, 2.75) is 19.9 Å². The fourth-order valence-corrected chi connectivity index (χ4v) is 1.94. The lowest BCUT2D eigenvalue weighted by Crippen LogP contribution is -2.14. The van der Waals surface area contributed by atoms with E-state index in [0.717, 1.165) is 5.56 Å². The van der Waals surface area contributed by atoms with E-state index in [1.54, 1.807) is 13.0 Å². The summed E-state index contributed by atoms with van der Waals surface area (Å²) in [7, 11) is 1.50. The second-order valence-electron chi connectivity index (χ2n) is 4.62. The average Bonchev–Trinajstić information content (AvgIpc) is 2.49. The number of nitrogens with zero attached hydrogens (tertiary/aromatic N) is 2. The minimum atomic E-state index is -0.236. The average molecular weight is 291 g/mol. The minimum Gasteiger partial charge on any atom is -0.490 e. The molecule has 112 valence electrons. The number of aryl methyl sites for hydroxylation is 1. The Hall–Kier alpha value is -2.41. The van der Waals surface area contributed by atoms with Gasteiger partial charge in [-0.3, -0.25) is 0 Å². The Morgan fingerprint density at radius 2 is 2.00 bits per heavy atom. The number of hydrazine groups is 1. The first-order valence-electron chi connectivity index (χ1n) is 6.45. The Morgan fingerprint density at radius 1 is 1.29 bits per heavy atom. The Morgan fingerprint density at radius 3 is 2.62 bits per heavy atom. The molecule has 0 saturated heterocycles. The van der Waals surface area contributed by atoms with Crippen LogP contribution in [0, 0.1) is 12.7 Å². The molecule has 21 heavy (non-hydrogen) atoms. The maximum absolute atomic E-state index is 13.6. The molecule has 1 aromatic heterocycles. The van der Waals surface area contributed by atoms with E-state index in [0.29, 0.717) is 22.9 Å². The first-order chi connectivity index (χ1) is 10.1. The summed E-state index contributed by atoms with van der Waals surface area (Å²) in [5.74, 6) is 6.40. The largest absolute Gasteiger partial charge is 0.490 e. The summed E-state index contributed by atoms with van der Waals surface area (Å²) >= 11 is 0. The molecule has 1 heterocycles. The number of hydrogen-bond donors (Lipinski definition) is 3. The number of hydrogen-bond acceptors (Lipinski definition) is 6. The van der Waals surface area contributed by atoms with Crippen LogP contribution in [0.3, 0.4) is 0 Å². The van der Waals surface area contributed by atoms with Gasteiger partial charge in [0.05, 0.1) is 13.2 Å². The summed E-state index contributed by atoms with van der Waals surface area (Å²) in [5, 5.41) is 3.16. The van der Waals surface area contributed by atoms with Crippen molar-refractivity contribution in [2.75, 3.05) is 17.9 Å². The quantitative estimate of drug-likeness (QED) is 0.579. The van der Waals surface area contributed by atoms with Crippen LogP contribution in [0.1, 0.15) is 24.1 Å². The lowest BCUT2D eigenvalue weighted by Gasteiger charge is -2.18. The number of aromatic nitrogens is 2. The molecule has 0 spiro atoms. The van der Waals surface area contributed by atoms with Gasteiger partial charge in [0.2, 0.25) is 5.75 Å². The SMILES string of the molecule is COc1c(NN)ncnc1NC(C)c1ccc(C)c(F)c1. The number of nitrogens with two attached hydrogens (primary N) is 1. The van der Waals surface area contributed by atoms with E-state index in [1.165, 1.54) is 19.5 Å². The van der Waals surface area contributed by atoms with Gasteiger partial charge in [0, 0.05) is 0 Å². The molecule has 0 fully saturated rings. The van der Waals surface area contributed by atoms with E-state index in [-0.39, 0.29) is 11.9 Å². The van der Waals surface area contributed by atoms with Gasteiger partial charge >= 0.3 is 0 Å². The molecule has 4 N–H and O–H groups in total. The second-order valence-corrected chi connectivity index (χ2v) is 4.62. The van der Waals surface area contributed by atoms with Crippen molar-refractivity contribution in [3.05, 3.63) is 41.5 Å². The summed E-state index contributed by atoms with van der Waals surface area (Å²) in [6, 6.07) is 4.95. The fourth-order valence-electron chi connectivity index (χ4n) is 1.94. The number of nitrogens with one attached hydrogen (secondary N) is 2. The van der Waals surface area contributed by atoms with Crippen LogP contribution in [-0.4, -0.2) is 17.1 Å². The Balaban J connectivity index is 2.26. The van der Waals surface area contributed by atoms with Crippen LogP contribution < -0.4 is 21.3 Å². The predicted molar refractivity (Wildman–Crippen MR) is 79.6 cm³/mol. The van der Waals surface area contributed by atoms with Crippen molar-refractivity contribution in [3.8, 4) is 5.75 Å². The number of halogens is 1. The Bertz CT molecular complexity index is 635. The number of ether oxygens (including phenoxy) is 1. The van der Waals surface area contributed by atoms with Crippen molar-refractivity contribution < 1.29 is 9.13 Å². The standard InChI is InChI=1S/C14H18FN5O/c1-8-4-5-10(6-11(8)15)9(2)19-13-12(21-3)14(20-16)18-7-17-13/h4-7,9H,16H2,1-3H3,(H2,17,18,19,20). The first kappa shape index (κ1) is 15.0. The molecule has 0 radical (unpaired) electrons. The van der Waals surface area contributed by atoms with Crippen molar-refractivity contribution in [2.24, 2.45) is 5.84 Å². The fraction of sp³-hybridized carbons (Fsp3) is 0.286. The van der Waals surface area contributed by atoms with Gasteiger partial charge in [-0.05, 0) is 31.0 Å². The zero-order valence-electron chi connectivity index (χ0n) is 12.1. The molecule has 6 nitrogen and oxygen atoms in total. The van der Waals surface area contributed by atoms with E-state index in [4.69, 9.17) is 10.6 Å². The first-order valence-corrected chi connectivity index (χ1v) is 6.45. The predicted octanol–water partition coefficient (Wildman–Crippen LogP) is 2.39. The highest BCUT2D eigenvalue weighted by Crippen LogP contribution is 2.31. The van der Waals surface area contributed by atoms with E-state index >= 15 is 0 Å². The van der Waals surface area contributed by atoms with Crippen LogP contribution in [0.2, 0.25) is 0 Å². The van der Waals surface area contributed by atoms with Gasteiger partial charge < -0.3 is 15.5 Å². The highest BCUT2D eigenvalue weighted by Gasteiger charge is 2.15. The van der Waals surface area contributed by atoms with Gasteiger partial charge in [-0.1, -0.05) is 12.1 Å². The Labute approximate surface area is 122 Å². The van der Waals surface area contributed by atoms with E-state index in [9.17, 15) is 4.39 Å². The lowest BCUT2D eigenvalue weighted by molar-refractivity contribution is 0.414. The van der Waals surface area contributed by atoms with Crippen molar-refractivity contribution in [1.82, 2.24) is 9.97 Å². The van der Waals surface area contributed by atoms with Crippen LogP contribution in [0.15, 0.2) is 24.5 Å². The van der Waals surface area contributed by atoms with Gasteiger partial charge in [-0.25, -0.2) is 20.2 Å². The van der Waals surface area contributed by atoms with Gasteiger partial charge in [0.1, 0.15) is 12.1 Å². The van der Waals surface area contributed by atoms with Crippen LogP contribution >= 0.6 is 0 Å². The van der Waals surface area contributed by atoms with Crippen LogP contribution in [0.4, 0.5) is 16.0 Å². The number of anilines is 2. The molecule has 2 aromatic rings. The van der Waals surface area contributed by atoms with Crippen LogP contribution in [0.25, 0.3) is 0 Å². The lowest BCUT2D eigenvalue weighted by atomic mass is 10.1. The smallest absolute Gasteiger partial charge is 0.205 e. The topological polar surface area (TPSA) is 85.1 Å². The molecule has 0 aliphatic heterocycles. The molecule has 2 rings (SSSR count). The summed E-state index contributed by atoms with van der Waals surface area (Å²) in [6.45, 7) is 3.63. The summed E-state index contributed by atoms with van der Waals surface area (Å²) < 4.78 is 18.9. The van der Waals surface area contributed by atoms with Gasteiger partial charge in [0.15, 0.2) is 11.6 Å². The second kappa shape index (κ2) is 6.36. The number of rotatable bonds is 5. The van der Waals surface area contributed by atoms with Gasteiger partial charge in [-0.15, -0.1) is 0 Å². The monoisotopic (exact) mass is 291 g/mol. The van der Waals surface area contributed by atoms with Crippen molar-refractivity contribution >= 4 is 11.6 Å². The number of nitrogen functional groups attached to an aromatic ring is 1. The van der Waals surface area contributed by atoms with Crippen molar-refractivity contribution in [3.63, 3.8) is 0 Å². The van der Waals surface area contributed by atoms with E-state index in [2.05, 4.69) is 20.7 Å². The summed E-state index contributed by atoms with van der Waals surface area (Å²) in [5.41, 5.74) is 3.86. The highest BCUT2D eigenvalue weighted by molar-refractivity contribution is 5.63. The molecule has 0 bridgehead atoms. The normalized spacial score (nSPS) is 11.9. The van der Waals surface area contributed by atoms with Crippen molar-refractivity contribution in [1.29, 1.82) is 0 Å². The van der Waals surface area contributed by atoms with Crippen LogP contribution in [0.5, 0.6) is 5.75 Å². The maximum Gasteiger partial charge on any atom is 0.205 e. The third-order valence-electron chi connectivity index (χ3n) is 3.19. The Kier molecular flexibility index (Phi) is 4.54. The maximum atomic E-state index is 13.6. The van der Waals surface area contributed by atoms with Gasteiger partial charge in [-0.2, -0.15) is 0 Å². The number of methoxy groups -OCH3 is 1. The molecular weight excluding hydrogens is 273 g/mol. The third-order valence-corrected chi connectivity index (χ3v) is 3.19. The molecule has 1 unspecified atom stereocenters. The zero-order valence-corrected chi connectivity index (χ0v) is 12.1. The van der Waals surface area contributed by atoms with E-state index < -0.39 is 0 Å². The molecule has 0 aliphatic carbocycles. The third kappa shape index (κ3) is 3.19. The number of benzene rings is 1. The minimum absolute atomic E-state index is 0.158. The van der Waals surface area contributed by atoms with Crippen LogP contribution in [-0.2, 0) is 0 Å². The molecule has 0 saturated carbocycles. The van der Waals surface area contributed by atoms with Gasteiger partial charge in [0.25, 0.3) is 0 Å². The molecule has 0 amide bonds. The molecule has 7 heteroatoms. The molecule has 1 aromatic carbocycles. The van der Waals surface area contributed by atoms with E-state index in [1.807, 2.05) is 13.0 Å². The molecule has 0 aliphatic rings. The molecular formula is C14H18FN5O.